The molecule has 2 fully saturated rings. The molecule has 0 aliphatic carbocycles. The van der Waals surface area contributed by atoms with Crippen molar-refractivity contribution >= 4 is 5.97 Å². The maximum atomic E-state index is 13.3. The molecule has 11 nitrogen and oxygen atoms in total. The van der Waals surface area contributed by atoms with E-state index in [0.29, 0.717) is 12.2 Å². The average Bonchev–Trinajstić information content (AvgIpc) is 3.68. The molecule has 332 valence electrons. The van der Waals surface area contributed by atoms with Gasteiger partial charge in [-0.15, -0.1) is 0 Å². The van der Waals surface area contributed by atoms with E-state index in [2.05, 4.69) is 0 Å². The predicted molar refractivity (Wildman–Crippen MR) is 237 cm³/mol. The average molecular weight is 867 g/mol. The molecule has 0 spiro atoms. The van der Waals surface area contributed by atoms with E-state index < -0.39 is 61.3 Å². The number of aliphatic hydroxyl groups excluding tert-OH is 1. The highest BCUT2D eigenvalue weighted by molar-refractivity contribution is 5.89. The van der Waals surface area contributed by atoms with E-state index in [1.54, 1.807) is 24.3 Å². The lowest BCUT2D eigenvalue weighted by molar-refractivity contribution is -0.342. The largest absolute Gasteiger partial charge is 0.459 e. The maximum Gasteiger partial charge on any atom is 0.338 e. The third-order valence-corrected chi connectivity index (χ3v) is 11.1. The number of hydrogen-bond acceptors (Lipinski definition) is 11. The fourth-order valence-electron chi connectivity index (χ4n) is 7.78. The van der Waals surface area contributed by atoms with Crippen molar-refractivity contribution in [3.8, 4) is 0 Å². The Hall–Kier alpha value is -5.57. The van der Waals surface area contributed by atoms with Crippen molar-refractivity contribution in [3.05, 3.63) is 215 Å². The molecule has 0 aromatic heterocycles. The zero-order chi connectivity index (χ0) is 43.8. The standard InChI is InChI=1S/C53H54O11/c54-51(43-29-17-6-18-30-43)61-37-45-47(58-33-40-23-11-3-12-24-40)50(60-35-42-27-15-5-16-28-42)53(63-45)64-49-48(59-34-41-25-13-4-14-26-41)46(57-32-39-21-9-2-10-22-39)44(62-52(49)55)36-56-31-38-19-7-1-8-20-38/h1-30,44-50,52-53,55H,31-37H2/t44-,45-,46-,47-,48+,49-,50+,52+,53+/m1/s1. The van der Waals surface area contributed by atoms with Gasteiger partial charge in [0.15, 0.2) is 12.6 Å². The van der Waals surface area contributed by atoms with Crippen molar-refractivity contribution in [1.82, 2.24) is 0 Å². The van der Waals surface area contributed by atoms with Gasteiger partial charge in [0.2, 0.25) is 0 Å². The Morgan fingerprint density at radius 1 is 0.422 bits per heavy atom. The van der Waals surface area contributed by atoms with E-state index >= 15 is 0 Å². The van der Waals surface area contributed by atoms with Crippen LogP contribution in [-0.2, 0) is 75.7 Å². The number of rotatable bonds is 21. The van der Waals surface area contributed by atoms with Crippen LogP contribution < -0.4 is 0 Å². The van der Waals surface area contributed by atoms with Crippen LogP contribution in [0.5, 0.6) is 0 Å². The van der Waals surface area contributed by atoms with Crippen LogP contribution in [0.25, 0.3) is 0 Å². The highest BCUT2D eigenvalue weighted by Gasteiger charge is 2.54. The smallest absolute Gasteiger partial charge is 0.338 e. The van der Waals surface area contributed by atoms with Crippen LogP contribution in [0.15, 0.2) is 182 Å². The van der Waals surface area contributed by atoms with Gasteiger partial charge in [-0.3, -0.25) is 0 Å². The van der Waals surface area contributed by atoms with Gasteiger partial charge >= 0.3 is 5.97 Å². The lowest BCUT2D eigenvalue weighted by Crippen LogP contribution is -2.62. The van der Waals surface area contributed by atoms with E-state index in [4.69, 9.17) is 42.6 Å². The Kier molecular flexibility index (Phi) is 16.4. The maximum absolute atomic E-state index is 13.3. The summed E-state index contributed by atoms with van der Waals surface area (Å²) in [6, 6.07) is 57.7. The normalized spacial score (nSPS) is 24.3. The van der Waals surface area contributed by atoms with E-state index in [0.717, 1.165) is 27.8 Å². The molecule has 6 aromatic carbocycles. The fourth-order valence-corrected chi connectivity index (χ4v) is 7.78. The second kappa shape index (κ2) is 23.4. The summed E-state index contributed by atoms with van der Waals surface area (Å²) in [6.45, 7) is 1.07. The number of ether oxygens (including phenoxy) is 9. The number of hydrogen-bond donors (Lipinski definition) is 1. The number of carbonyl (C=O) groups is 1. The van der Waals surface area contributed by atoms with Crippen LogP contribution >= 0.6 is 0 Å². The molecule has 0 bridgehead atoms. The molecule has 2 aliphatic heterocycles. The SMILES string of the molecule is O=C(OC[C@H]1O[C@@H](O[C@@H]2[C@@H](OCc3ccccc3)[C@H](OCc3ccccc3)[C@@H](COCc3ccccc3)O[C@@H]2O)[C@@H](OCc2ccccc2)[C@@H]1OCc1ccccc1)c1ccccc1. The summed E-state index contributed by atoms with van der Waals surface area (Å²) in [5, 5.41) is 12.0. The van der Waals surface area contributed by atoms with Gasteiger partial charge in [-0.1, -0.05) is 170 Å². The lowest BCUT2D eigenvalue weighted by Gasteiger charge is -2.45. The highest BCUT2D eigenvalue weighted by atomic mass is 16.8. The second-order valence-electron chi connectivity index (χ2n) is 15.7. The van der Waals surface area contributed by atoms with Gasteiger partial charge in [0, 0.05) is 0 Å². The van der Waals surface area contributed by atoms with E-state index in [1.807, 2.05) is 158 Å². The van der Waals surface area contributed by atoms with Gasteiger partial charge in [-0.2, -0.15) is 0 Å². The Bertz CT molecular complexity index is 2240. The van der Waals surface area contributed by atoms with Crippen molar-refractivity contribution in [3.63, 3.8) is 0 Å². The Morgan fingerprint density at radius 3 is 1.27 bits per heavy atom. The minimum Gasteiger partial charge on any atom is -0.459 e. The van der Waals surface area contributed by atoms with Gasteiger partial charge in [-0.25, -0.2) is 4.79 Å². The molecule has 11 heteroatoms. The summed E-state index contributed by atoms with van der Waals surface area (Å²) in [7, 11) is 0. The third kappa shape index (κ3) is 12.6. The molecular formula is C53H54O11. The van der Waals surface area contributed by atoms with Crippen LogP contribution in [0.2, 0.25) is 0 Å². The van der Waals surface area contributed by atoms with E-state index in [1.165, 1.54) is 0 Å². The summed E-state index contributed by atoms with van der Waals surface area (Å²) in [5.41, 5.74) is 5.09. The Balaban J connectivity index is 1.10. The van der Waals surface area contributed by atoms with Gasteiger partial charge in [0.25, 0.3) is 0 Å². The Morgan fingerprint density at radius 2 is 0.797 bits per heavy atom. The first kappa shape index (κ1) is 45.0. The molecular weight excluding hydrogens is 813 g/mol. The number of benzene rings is 6. The molecule has 64 heavy (non-hydrogen) atoms. The summed E-state index contributed by atoms with van der Waals surface area (Å²) in [4.78, 5) is 13.3. The van der Waals surface area contributed by atoms with Crippen molar-refractivity contribution in [1.29, 1.82) is 0 Å². The zero-order valence-corrected chi connectivity index (χ0v) is 35.5. The minimum absolute atomic E-state index is 0.0936. The monoisotopic (exact) mass is 866 g/mol. The zero-order valence-electron chi connectivity index (χ0n) is 35.5. The van der Waals surface area contributed by atoms with Crippen molar-refractivity contribution in [2.24, 2.45) is 0 Å². The molecule has 1 N–H and O–H groups in total. The van der Waals surface area contributed by atoms with Gasteiger partial charge in [0.1, 0.15) is 49.3 Å². The Labute approximate surface area is 374 Å². The second-order valence-corrected chi connectivity index (χ2v) is 15.7. The minimum atomic E-state index is -1.51. The number of esters is 1. The topological polar surface area (TPSA) is 120 Å². The van der Waals surface area contributed by atoms with Crippen LogP contribution in [0, 0.1) is 0 Å². The van der Waals surface area contributed by atoms with Crippen LogP contribution in [0.4, 0.5) is 0 Å². The first-order chi connectivity index (χ1) is 31.6. The van der Waals surface area contributed by atoms with Crippen LogP contribution in [-0.4, -0.2) is 79.6 Å². The predicted octanol–water partition coefficient (Wildman–Crippen LogP) is 8.23. The number of carbonyl (C=O) groups excluding carboxylic acids is 1. The van der Waals surface area contributed by atoms with Gasteiger partial charge in [-0.05, 0) is 39.9 Å². The highest BCUT2D eigenvalue weighted by Crippen LogP contribution is 2.36. The van der Waals surface area contributed by atoms with E-state index in [-0.39, 0.29) is 39.6 Å². The summed E-state index contributed by atoms with van der Waals surface area (Å²) < 4.78 is 58.8. The summed E-state index contributed by atoms with van der Waals surface area (Å²) in [6.07, 6.45) is -8.78. The molecule has 0 amide bonds. The molecule has 0 saturated carbocycles. The van der Waals surface area contributed by atoms with E-state index in [9.17, 15) is 9.90 Å². The first-order valence-electron chi connectivity index (χ1n) is 21.7. The molecule has 2 aliphatic rings. The molecule has 8 rings (SSSR count). The van der Waals surface area contributed by atoms with Crippen molar-refractivity contribution in [2.75, 3.05) is 13.2 Å². The van der Waals surface area contributed by atoms with Crippen LogP contribution in [0.1, 0.15) is 38.2 Å². The quantitative estimate of drug-likeness (QED) is 0.0705. The van der Waals surface area contributed by atoms with Gasteiger partial charge in [0.05, 0.1) is 45.2 Å². The van der Waals surface area contributed by atoms with Crippen molar-refractivity contribution < 1.29 is 52.5 Å². The lowest BCUT2D eigenvalue weighted by atomic mass is 9.97. The molecule has 6 aromatic rings. The van der Waals surface area contributed by atoms with Gasteiger partial charge < -0.3 is 47.7 Å². The van der Waals surface area contributed by atoms with Crippen molar-refractivity contribution in [2.45, 2.75) is 88.3 Å². The summed E-state index contributed by atoms with van der Waals surface area (Å²) in [5.74, 6) is -0.512. The first-order valence-corrected chi connectivity index (χ1v) is 21.7. The van der Waals surface area contributed by atoms with Crippen LogP contribution in [0.3, 0.4) is 0 Å². The molecule has 0 unspecified atom stereocenters. The molecule has 0 radical (unpaired) electrons. The third-order valence-electron chi connectivity index (χ3n) is 11.1. The molecule has 2 heterocycles. The molecule has 2 saturated heterocycles. The summed E-state index contributed by atoms with van der Waals surface area (Å²) >= 11 is 0. The fraction of sp³-hybridized carbons (Fsp3) is 0.302. The number of aliphatic hydroxyl groups is 1. The molecule has 9 atom stereocenters.